The summed E-state index contributed by atoms with van der Waals surface area (Å²) in [6.07, 6.45) is 0.330. The van der Waals surface area contributed by atoms with Crippen molar-refractivity contribution in [1.82, 2.24) is 0 Å². The first-order chi connectivity index (χ1) is 9.47. The third-order valence-electron chi connectivity index (χ3n) is 3.79. The molecule has 0 aromatic heterocycles. The first-order valence-electron chi connectivity index (χ1n) is 6.74. The van der Waals surface area contributed by atoms with Crippen molar-refractivity contribution in [3.8, 4) is 0 Å². The van der Waals surface area contributed by atoms with Crippen LogP contribution in [0.3, 0.4) is 0 Å². The van der Waals surface area contributed by atoms with E-state index >= 15 is 0 Å². The van der Waals surface area contributed by atoms with E-state index in [1.54, 1.807) is 13.8 Å². The van der Waals surface area contributed by atoms with Gasteiger partial charge in [-0.05, 0) is 46.2 Å². The first-order valence-corrected chi connectivity index (χ1v) is 8.28. The SMILES string of the molecule is CC1(C)CC(S(=O)(=O)c2ccccc2C(=O)O)C(C)(C)O1. The molecule has 1 unspecified atom stereocenters. The van der Waals surface area contributed by atoms with Gasteiger partial charge in [0.05, 0.1) is 26.9 Å². The Kier molecular flexibility index (Phi) is 3.66. The number of aromatic carboxylic acids is 1. The van der Waals surface area contributed by atoms with E-state index in [1.807, 2.05) is 13.8 Å². The predicted molar refractivity (Wildman–Crippen MR) is 78.2 cm³/mol. The molecule has 0 saturated carbocycles. The summed E-state index contributed by atoms with van der Waals surface area (Å²) in [6.45, 7) is 7.14. The minimum atomic E-state index is -3.80. The fourth-order valence-electron chi connectivity index (χ4n) is 3.04. The standard InChI is InChI=1S/C15H20O5S/c1-14(2)9-12(15(3,4)20-14)21(18,19)11-8-6-5-7-10(11)13(16)17/h5-8,12H,9H2,1-4H3,(H,16,17). The normalized spacial score (nSPS) is 23.9. The second-order valence-corrected chi connectivity index (χ2v) is 8.60. The van der Waals surface area contributed by atoms with Gasteiger partial charge in [-0.3, -0.25) is 0 Å². The van der Waals surface area contributed by atoms with Crippen LogP contribution in [-0.4, -0.2) is 35.9 Å². The van der Waals surface area contributed by atoms with E-state index in [1.165, 1.54) is 24.3 Å². The van der Waals surface area contributed by atoms with Crippen molar-refractivity contribution < 1.29 is 23.1 Å². The predicted octanol–water partition coefficient (Wildman–Crippen LogP) is 2.50. The third-order valence-corrected chi connectivity index (χ3v) is 6.24. The van der Waals surface area contributed by atoms with Crippen LogP contribution in [0.25, 0.3) is 0 Å². The van der Waals surface area contributed by atoms with E-state index in [2.05, 4.69) is 0 Å². The molecule has 116 valence electrons. The zero-order valence-electron chi connectivity index (χ0n) is 12.6. The highest BCUT2D eigenvalue weighted by Gasteiger charge is 2.52. The van der Waals surface area contributed by atoms with Gasteiger partial charge in [0.15, 0.2) is 9.84 Å². The Hall–Kier alpha value is -1.40. The molecule has 1 aromatic carbocycles. The quantitative estimate of drug-likeness (QED) is 0.927. The fraction of sp³-hybridized carbons (Fsp3) is 0.533. The molecule has 1 aliphatic heterocycles. The Morgan fingerprint density at radius 1 is 1.24 bits per heavy atom. The summed E-state index contributed by atoms with van der Waals surface area (Å²) < 4.78 is 31.7. The fourth-order valence-corrected chi connectivity index (χ4v) is 5.49. The minimum absolute atomic E-state index is 0.142. The van der Waals surface area contributed by atoms with Crippen LogP contribution >= 0.6 is 0 Å². The lowest BCUT2D eigenvalue weighted by Gasteiger charge is -2.27. The van der Waals surface area contributed by atoms with E-state index in [0.717, 1.165) is 0 Å². The zero-order valence-corrected chi connectivity index (χ0v) is 13.4. The number of ether oxygens (including phenoxy) is 1. The molecule has 0 radical (unpaired) electrons. The molecule has 1 atom stereocenters. The Bertz CT molecular complexity index is 673. The minimum Gasteiger partial charge on any atom is -0.478 e. The first kappa shape index (κ1) is 16.0. The monoisotopic (exact) mass is 312 g/mol. The number of carbonyl (C=O) groups is 1. The second kappa shape index (κ2) is 4.81. The molecule has 1 aliphatic rings. The number of rotatable bonds is 3. The molecule has 1 aromatic rings. The average molecular weight is 312 g/mol. The van der Waals surface area contributed by atoms with Crippen LogP contribution in [0.2, 0.25) is 0 Å². The Labute approximate surface area is 124 Å². The summed E-state index contributed by atoms with van der Waals surface area (Å²) in [6, 6.07) is 5.71. The summed E-state index contributed by atoms with van der Waals surface area (Å²) in [5.74, 6) is -1.25. The maximum Gasteiger partial charge on any atom is 0.337 e. The Morgan fingerprint density at radius 3 is 2.29 bits per heavy atom. The molecule has 1 N–H and O–H groups in total. The maximum atomic E-state index is 12.9. The lowest BCUT2D eigenvalue weighted by atomic mass is 10.0. The van der Waals surface area contributed by atoms with Gasteiger partial charge in [-0.1, -0.05) is 12.1 Å². The summed E-state index contributed by atoms with van der Waals surface area (Å²) in [5, 5.41) is 8.43. The highest BCUT2D eigenvalue weighted by molar-refractivity contribution is 7.92. The Morgan fingerprint density at radius 2 is 1.81 bits per heavy atom. The molecule has 0 amide bonds. The van der Waals surface area contributed by atoms with E-state index in [4.69, 9.17) is 4.74 Å². The molecule has 1 saturated heterocycles. The van der Waals surface area contributed by atoms with E-state index in [0.29, 0.717) is 6.42 Å². The van der Waals surface area contributed by atoms with E-state index < -0.39 is 32.3 Å². The van der Waals surface area contributed by atoms with Crippen molar-refractivity contribution in [3.05, 3.63) is 29.8 Å². The number of carboxylic acid groups (broad SMARTS) is 1. The molecule has 1 heterocycles. The van der Waals surface area contributed by atoms with Gasteiger partial charge in [0, 0.05) is 0 Å². The number of carboxylic acids is 1. The lowest BCUT2D eigenvalue weighted by Crippen LogP contribution is -2.39. The van der Waals surface area contributed by atoms with Crippen LogP contribution < -0.4 is 0 Å². The number of sulfone groups is 1. The van der Waals surface area contributed by atoms with Gasteiger partial charge in [0.2, 0.25) is 0 Å². The van der Waals surface area contributed by atoms with Gasteiger partial charge in [-0.15, -0.1) is 0 Å². The number of hydrogen-bond acceptors (Lipinski definition) is 4. The molecular weight excluding hydrogens is 292 g/mol. The van der Waals surface area contributed by atoms with Crippen LogP contribution in [0, 0.1) is 0 Å². The largest absolute Gasteiger partial charge is 0.478 e. The lowest BCUT2D eigenvalue weighted by molar-refractivity contribution is -0.0635. The average Bonchev–Trinajstić information content (AvgIpc) is 2.58. The summed E-state index contributed by atoms with van der Waals surface area (Å²) in [7, 11) is -3.80. The van der Waals surface area contributed by atoms with Crippen molar-refractivity contribution >= 4 is 15.8 Å². The van der Waals surface area contributed by atoms with E-state index in [9.17, 15) is 18.3 Å². The van der Waals surface area contributed by atoms with Crippen LogP contribution in [0.1, 0.15) is 44.5 Å². The van der Waals surface area contributed by atoms with Crippen LogP contribution in [0.4, 0.5) is 0 Å². The van der Waals surface area contributed by atoms with Gasteiger partial charge in [0.1, 0.15) is 0 Å². The second-order valence-electron chi connectivity index (χ2n) is 6.50. The third kappa shape index (κ3) is 2.82. The highest BCUT2D eigenvalue weighted by Crippen LogP contribution is 2.43. The van der Waals surface area contributed by atoms with Gasteiger partial charge in [-0.2, -0.15) is 0 Å². The molecule has 0 aliphatic carbocycles. The van der Waals surface area contributed by atoms with Crippen LogP contribution in [-0.2, 0) is 14.6 Å². The molecule has 2 rings (SSSR count). The Balaban J connectivity index is 2.56. The smallest absolute Gasteiger partial charge is 0.337 e. The molecule has 1 fully saturated rings. The van der Waals surface area contributed by atoms with Gasteiger partial charge >= 0.3 is 5.97 Å². The van der Waals surface area contributed by atoms with Crippen molar-refractivity contribution in [3.63, 3.8) is 0 Å². The topological polar surface area (TPSA) is 80.7 Å². The number of hydrogen-bond donors (Lipinski definition) is 1. The summed E-state index contributed by atoms with van der Waals surface area (Å²) in [4.78, 5) is 11.1. The van der Waals surface area contributed by atoms with Crippen molar-refractivity contribution in [2.24, 2.45) is 0 Å². The molecule has 21 heavy (non-hydrogen) atoms. The number of benzene rings is 1. The van der Waals surface area contributed by atoms with E-state index in [-0.39, 0.29) is 10.5 Å². The van der Waals surface area contributed by atoms with Crippen molar-refractivity contribution in [1.29, 1.82) is 0 Å². The highest BCUT2D eigenvalue weighted by atomic mass is 32.2. The molecular formula is C15H20O5S. The zero-order chi connectivity index (χ0) is 16.1. The molecule has 5 nitrogen and oxygen atoms in total. The van der Waals surface area contributed by atoms with Gasteiger partial charge in [0.25, 0.3) is 0 Å². The summed E-state index contributed by atoms with van der Waals surface area (Å²) in [5.41, 5.74) is -1.62. The molecule has 0 bridgehead atoms. The van der Waals surface area contributed by atoms with Crippen LogP contribution in [0.5, 0.6) is 0 Å². The molecule has 0 spiro atoms. The van der Waals surface area contributed by atoms with Gasteiger partial charge < -0.3 is 9.84 Å². The van der Waals surface area contributed by atoms with Crippen LogP contribution in [0.15, 0.2) is 29.2 Å². The molecule has 6 heteroatoms. The maximum absolute atomic E-state index is 12.9. The van der Waals surface area contributed by atoms with Crippen molar-refractivity contribution in [2.75, 3.05) is 0 Å². The van der Waals surface area contributed by atoms with Crippen molar-refractivity contribution in [2.45, 2.75) is 55.5 Å². The van der Waals surface area contributed by atoms with Gasteiger partial charge in [-0.25, -0.2) is 13.2 Å². The summed E-state index contributed by atoms with van der Waals surface area (Å²) >= 11 is 0.